The van der Waals surface area contributed by atoms with E-state index in [1.165, 1.54) is 49.8 Å². The van der Waals surface area contributed by atoms with Crippen molar-refractivity contribution in [2.75, 3.05) is 0 Å². The standard InChI is InChI=1S/C19H30N2/c1-13(2)16-10-9-14(3)12-18(16)21-17-8-4-6-15-7-5-11-20-19(15)17/h5,7,11,13-14,16-18,21H,4,6,8-10,12H2,1-3H3. The summed E-state index contributed by atoms with van der Waals surface area (Å²) >= 11 is 0. The zero-order valence-corrected chi connectivity index (χ0v) is 13.8. The Morgan fingerprint density at radius 1 is 1.24 bits per heavy atom. The fraction of sp³-hybridized carbons (Fsp3) is 0.737. The number of nitrogens with zero attached hydrogens (tertiary/aromatic N) is 1. The number of pyridine rings is 1. The smallest absolute Gasteiger partial charge is 0.0605 e. The van der Waals surface area contributed by atoms with Crippen molar-refractivity contribution in [3.8, 4) is 0 Å². The summed E-state index contributed by atoms with van der Waals surface area (Å²) in [5, 5.41) is 4.01. The van der Waals surface area contributed by atoms with Gasteiger partial charge in [-0.05, 0) is 61.5 Å². The molecule has 0 aliphatic heterocycles. The van der Waals surface area contributed by atoms with Gasteiger partial charge in [0.1, 0.15) is 0 Å². The van der Waals surface area contributed by atoms with E-state index in [4.69, 9.17) is 4.98 Å². The van der Waals surface area contributed by atoms with Crippen LogP contribution in [0.3, 0.4) is 0 Å². The van der Waals surface area contributed by atoms with Crippen molar-refractivity contribution in [2.45, 2.75) is 71.4 Å². The SMILES string of the molecule is CC1CCC(C(C)C)C(NC2CCCc3cccnc32)C1. The van der Waals surface area contributed by atoms with Gasteiger partial charge in [0, 0.05) is 18.3 Å². The molecule has 0 spiro atoms. The summed E-state index contributed by atoms with van der Waals surface area (Å²) in [6.07, 6.45) is 9.84. The molecule has 21 heavy (non-hydrogen) atoms. The summed E-state index contributed by atoms with van der Waals surface area (Å²) in [5.74, 6) is 2.47. The second-order valence-corrected chi connectivity index (χ2v) is 7.59. The molecule has 1 aromatic rings. The van der Waals surface area contributed by atoms with Crippen molar-refractivity contribution in [2.24, 2.45) is 17.8 Å². The lowest BCUT2D eigenvalue weighted by atomic mass is 9.73. The van der Waals surface area contributed by atoms with Gasteiger partial charge in [-0.25, -0.2) is 0 Å². The Morgan fingerprint density at radius 2 is 2.10 bits per heavy atom. The number of hydrogen-bond acceptors (Lipinski definition) is 2. The first kappa shape index (κ1) is 15.0. The van der Waals surface area contributed by atoms with Crippen LogP contribution in [-0.2, 0) is 6.42 Å². The highest BCUT2D eigenvalue weighted by Gasteiger charge is 2.33. The first-order chi connectivity index (χ1) is 10.1. The number of hydrogen-bond donors (Lipinski definition) is 1. The molecule has 1 fully saturated rings. The molecule has 3 rings (SSSR count). The number of nitrogens with one attached hydrogen (secondary N) is 1. The van der Waals surface area contributed by atoms with Crippen LogP contribution in [0.4, 0.5) is 0 Å². The van der Waals surface area contributed by atoms with E-state index in [1.807, 2.05) is 6.20 Å². The van der Waals surface area contributed by atoms with Crippen LogP contribution in [0.25, 0.3) is 0 Å². The van der Waals surface area contributed by atoms with Crippen LogP contribution in [0.1, 0.15) is 70.2 Å². The molecule has 4 atom stereocenters. The Kier molecular flexibility index (Phi) is 4.63. The molecule has 0 radical (unpaired) electrons. The van der Waals surface area contributed by atoms with Crippen molar-refractivity contribution in [1.82, 2.24) is 10.3 Å². The quantitative estimate of drug-likeness (QED) is 0.884. The Labute approximate surface area is 129 Å². The molecule has 1 aromatic heterocycles. The van der Waals surface area contributed by atoms with Crippen molar-refractivity contribution < 1.29 is 0 Å². The van der Waals surface area contributed by atoms with Crippen molar-refractivity contribution >= 4 is 0 Å². The summed E-state index contributed by atoms with van der Waals surface area (Å²) in [6.45, 7) is 7.20. The molecule has 2 aliphatic carbocycles. The molecule has 0 aromatic carbocycles. The average molecular weight is 286 g/mol. The third-order valence-electron chi connectivity index (χ3n) is 5.63. The zero-order valence-electron chi connectivity index (χ0n) is 13.8. The highest BCUT2D eigenvalue weighted by atomic mass is 15.0. The van der Waals surface area contributed by atoms with Gasteiger partial charge in [-0.1, -0.05) is 33.3 Å². The number of rotatable bonds is 3. The van der Waals surface area contributed by atoms with E-state index in [2.05, 4.69) is 38.2 Å². The lowest BCUT2D eigenvalue weighted by molar-refractivity contribution is 0.154. The fourth-order valence-electron chi connectivity index (χ4n) is 4.42. The lowest BCUT2D eigenvalue weighted by Gasteiger charge is -2.40. The maximum atomic E-state index is 4.69. The number of aryl methyl sites for hydroxylation is 1. The third-order valence-corrected chi connectivity index (χ3v) is 5.63. The van der Waals surface area contributed by atoms with E-state index in [9.17, 15) is 0 Å². The van der Waals surface area contributed by atoms with E-state index in [1.54, 1.807) is 0 Å². The summed E-state index contributed by atoms with van der Waals surface area (Å²) in [4.78, 5) is 4.69. The Hall–Kier alpha value is -0.890. The molecule has 1 saturated carbocycles. The van der Waals surface area contributed by atoms with E-state index < -0.39 is 0 Å². The van der Waals surface area contributed by atoms with Gasteiger partial charge in [-0.3, -0.25) is 4.98 Å². The van der Waals surface area contributed by atoms with Crippen LogP contribution in [0, 0.1) is 17.8 Å². The van der Waals surface area contributed by atoms with Crippen LogP contribution < -0.4 is 5.32 Å². The lowest BCUT2D eigenvalue weighted by Crippen LogP contribution is -2.45. The van der Waals surface area contributed by atoms with E-state index in [-0.39, 0.29) is 0 Å². The molecule has 1 heterocycles. The average Bonchev–Trinajstić information content (AvgIpc) is 2.47. The predicted molar refractivity (Wildman–Crippen MR) is 88.2 cm³/mol. The maximum Gasteiger partial charge on any atom is 0.0605 e. The Balaban J connectivity index is 1.76. The highest BCUT2D eigenvalue weighted by Crippen LogP contribution is 2.36. The normalized spacial score (nSPS) is 33.0. The molecular weight excluding hydrogens is 256 g/mol. The second-order valence-electron chi connectivity index (χ2n) is 7.59. The minimum Gasteiger partial charge on any atom is -0.306 e. The predicted octanol–water partition coefficient (Wildman–Crippen LogP) is 4.51. The highest BCUT2D eigenvalue weighted by molar-refractivity contribution is 5.25. The van der Waals surface area contributed by atoms with Gasteiger partial charge in [-0.15, -0.1) is 0 Å². The second kappa shape index (κ2) is 6.48. The van der Waals surface area contributed by atoms with Crippen LogP contribution in [0.5, 0.6) is 0 Å². The molecular formula is C19H30N2. The summed E-state index contributed by atoms with van der Waals surface area (Å²) in [5.41, 5.74) is 2.79. The first-order valence-electron chi connectivity index (χ1n) is 8.85. The molecule has 2 heteroatoms. The summed E-state index contributed by atoms with van der Waals surface area (Å²) in [7, 11) is 0. The molecule has 116 valence electrons. The molecule has 1 N–H and O–H groups in total. The van der Waals surface area contributed by atoms with Crippen molar-refractivity contribution in [1.29, 1.82) is 0 Å². The molecule has 0 bridgehead atoms. The Bertz CT molecular complexity index is 468. The third kappa shape index (κ3) is 3.31. The van der Waals surface area contributed by atoms with Gasteiger partial charge in [0.25, 0.3) is 0 Å². The molecule has 0 saturated heterocycles. The van der Waals surface area contributed by atoms with Crippen molar-refractivity contribution in [3.63, 3.8) is 0 Å². The maximum absolute atomic E-state index is 4.69. The zero-order chi connectivity index (χ0) is 14.8. The monoisotopic (exact) mass is 286 g/mol. The summed E-state index contributed by atoms with van der Waals surface area (Å²) in [6, 6.07) is 5.50. The minimum atomic E-state index is 0.478. The van der Waals surface area contributed by atoms with E-state index in [0.717, 1.165) is 17.8 Å². The van der Waals surface area contributed by atoms with Crippen LogP contribution in [0.15, 0.2) is 18.3 Å². The fourth-order valence-corrected chi connectivity index (χ4v) is 4.42. The van der Waals surface area contributed by atoms with Crippen LogP contribution in [-0.4, -0.2) is 11.0 Å². The Morgan fingerprint density at radius 3 is 2.90 bits per heavy atom. The van der Waals surface area contributed by atoms with E-state index in [0.29, 0.717) is 12.1 Å². The van der Waals surface area contributed by atoms with Gasteiger partial charge in [0.15, 0.2) is 0 Å². The van der Waals surface area contributed by atoms with Crippen LogP contribution >= 0.6 is 0 Å². The van der Waals surface area contributed by atoms with Gasteiger partial charge in [-0.2, -0.15) is 0 Å². The van der Waals surface area contributed by atoms with E-state index >= 15 is 0 Å². The van der Waals surface area contributed by atoms with Gasteiger partial charge in [0.2, 0.25) is 0 Å². The van der Waals surface area contributed by atoms with Gasteiger partial charge < -0.3 is 5.32 Å². The summed E-state index contributed by atoms with van der Waals surface area (Å²) < 4.78 is 0. The molecule has 2 nitrogen and oxygen atoms in total. The topological polar surface area (TPSA) is 24.9 Å². The van der Waals surface area contributed by atoms with Crippen LogP contribution in [0.2, 0.25) is 0 Å². The molecule has 4 unspecified atom stereocenters. The number of fused-ring (bicyclic) bond motifs is 1. The largest absolute Gasteiger partial charge is 0.306 e. The minimum absolute atomic E-state index is 0.478. The first-order valence-corrected chi connectivity index (χ1v) is 8.85. The van der Waals surface area contributed by atoms with Crippen molar-refractivity contribution in [3.05, 3.63) is 29.6 Å². The molecule has 2 aliphatic rings. The van der Waals surface area contributed by atoms with Gasteiger partial charge in [0.05, 0.1) is 5.69 Å². The number of aromatic nitrogens is 1. The molecule has 0 amide bonds. The van der Waals surface area contributed by atoms with Gasteiger partial charge >= 0.3 is 0 Å².